The van der Waals surface area contributed by atoms with Gasteiger partial charge in [-0.15, -0.1) is 12.4 Å². The fraction of sp³-hybridized carbons (Fsp3) is 0.938. The number of rotatable bonds is 3. The van der Waals surface area contributed by atoms with Crippen LogP contribution in [0.2, 0.25) is 0 Å². The summed E-state index contributed by atoms with van der Waals surface area (Å²) in [6.45, 7) is 2.12. The van der Waals surface area contributed by atoms with E-state index in [-0.39, 0.29) is 35.8 Å². The van der Waals surface area contributed by atoms with Gasteiger partial charge in [-0.2, -0.15) is 0 Å². The van der Waals surface area contributed by atoms with E-state index in [4.69, 9.17) is 0 Å². The minimum atomic E-state index is -0.299. The molecule has 4 nitrogen and oxygen atoms in total. The molecule has 4 saturated carbocycles. The SMILES string of the molecule is Cl.O=C(NCC1CNCC1O)C12CC3CC(CC(C3)C1)C2. The Morgan fingerprint density at radius 1 is 1.10 bits per heavy atom. The minimum Gasteiger partial charge on any atom is -0.391 e. The first-order valence-electron chi connectivity index (χ1n) is 8.32. The largest absolute Gasteiger partial charge is 0.391 e. The van der Waals surface area contributed by atoms with Crippen LogP contribution in [0, 0.1) is 29.1 Å². The molecule has 3 N–H and O–H groups in total. The molecule has 21 heavy (non-hydrogen) atoms. The van der Waals surface area contributed by atoms with Crippen LogP contribution >= 0.6 is 12.4 Å². The van der Waals surface area contributed by atoms with E-state index in [1.807, 2.05) is 0 Å². The van der Waals surface area contributed by atoms with Crippen LogP contribution in [-0.4, -0.2) is 36.8 Å². The summed E-state index contributed by atoms with van der Waals surface area (Å²) in [6, 6.07) is 0. The van der Waals surface area contributed by atoms with Crippen LogP contribution in [0.4, 0.5) is 0 Å². The molecule has 0 spiro atoms. The zero-order chi connectivity index (χ0) is 13.7. The first kappa shape index (κ1) is 15.6. The van der Waals surface area contributed by atoms with Crippen LogP contribution in [0.5, 0.6) is 0 Å². The van der Waals surface area contributed by atoms with E-state index in [2.05, 4.69) is 10.6 Å². The number of carbonyl (C=O) groups excluding carboxylic acids is 1. The van der Waals surface area contributed by atoms with Gasteiger partial charge in [0.15, 0.2) is 0 Å². The monoisotopic (exact) mass is 314 g/mol. The van der Waals surface area contributed by atoms with Crippen molar-refractivity contribution in [2.75, 3.05) is 19.6 Å². The van der Waals surface area contributed by atoms with Crippen molar-refractivity contribution < 1.29 is 9.90 Å². The van der Waals surface area contributed by atoms with E-state index in [1.54, 1.807) is 0 Å². The molecule has 120 valence electrons. The van der Waals surface area contributed by atoms with Crippen molar-refractivity contribution in [1.82, 2.24) is 10.6 Å². The Morgan fingerprint density at radius 3 is 2.14 bits per heavy atom. The number of carbonyl (C=O) groups is 1. The highest BCUT2D eigenvalue weighted by atomic mass is 35.5. The molecular weight excluding hydrogens is 288 g/mol. The summed E-state index contributed by atoms with van der Waals surface area (Å²) in [5, 5.41) is 16.2. The molecule has 1 heterocycles. The Labute approximate surface area is 132 Å². The van der Waals surface area contributed by atoms with Gasteiger partial charge in [0.05, 0.1) is 6.10 Å². The minimum absolute atomic E-state index is 0. The van der Waals surface area contributed by atoms with Gasteiger partial charge in [0.2, 0.25) is 5.91 Å². The van der Waals surface area contributed by atoms with E-state index in [1.165, 1.54) is 19.3 Å². The molecule has 1 amide bonds. The average Bonchev–Trinajstić information content (AvgIpc) is 2.80. The first-order chi connectivity index (χ1) is 9.64. The maximum Gasteiger partial charge on any atom is 0.226 e. The van der Waals surface area contributed by atoms with E-state index < -0.39 is 0 Å². The number of aliphatic hydroxyl groups is 1. The van der Waals surface area contributed by atoms with Gasteiger partial charge in [-0.3, -0.25) is 4.79 Å². The molecule has 4 aliphatic carbocycles. The molecule has 2 atom stereocenters. The number of hydrogen-bond acceptors (Lipinski definition) is 3. The zero-order valence-corrected chi connectivity index (χ0v) is 13.3. The smallest absolute Gasteiger partial charge is 0.226 e. The summed E-state index contributed by atoms with van der Waals surface area (Å²) in [5.41, 5.74) is -0.0499. The second kappa shape index (κ2) is 5.71. The van der Waals surface area contributed by atoms with Gasteiger partial charge < -0.3 is 15.7 Å². The van der Waals surface area contributed by atoms with Gasteiger partial charge in [0.25, 0.3) is 0 Å². The molecule has 0 radical (unpaired) electrons. The van der Waals surface area contributed by atoms with Gasteiger partial charge in [-0.25, -0.2) is 0 Å². The third-order valence-corrected chi connectivity index (χ3v) is 6.35. The highest BCUT2D eigenvalue weighted by Crippen LogP contribution is 2.60. The normalized spacial score (nSPS) is 47.2. The summed E-state index contributed by atoms with van der Waals surface area (Å²) >= 11 is 0. The van der Waals surface area contributed by atoms with Crippen LogP contribution in [0.25, 0.3) is 0 Å². The summed E-state index contributed by atoms with van der Waals surface area (Å²) in [4.78, 5) is 12.7. The highest BCUT2D eigenvalue weighted by Gasteiger charge is 2.54. The molecule has 1 aliphatic heterocycles. The number of amides is 1. The van der Waals surface area contributed by atoms with Crippen LogP contribution in [0.15, 0.2) is 0 Å². The summed E-state index contributed by atoms with van der Waals surface area (Å²) < 4.78 is 0. The van der Waals surface area contributed by atoms with Gasteiger partial charge in [0.1, 0.15) is 0 Å². The van der Waals surface area contributed by atoms with Crippen molar-refractivity contribution in [1.29, 1.82) is 0 Å². The van der Waals surface area contributed by atoms with Crippen molar-refractivity contribution in [3.05, 3.63) is 0 Å². The summed E-state index contributed by atoms with van der Waals surface area (Å²) in [7, 11) is 0. The fourth-order valence-corrected chi connectivity index (χ4v) is 5.73. The third-order valence-electron chi connectivity index (χ3n) is 6.35. The Bertz CT molecular complexity index is 380. The molecular formula is C16H27ClN2O2. The molecule has 4 bridgehead atoms. The lowest BCUT2D eigenvalue weighted by Crippen LogP contribution is -2.54. The first-order valence-corrected chi connectivity index (χ1v) is 8.32. The number of halogens is 1. The number of β-amino-alcohol motifs (C(OH)–C–C–N with tert-alkyl or cyclic N) is 1. The predicted octanol–water partition coefficient (Wildman–Crippen LogP) is 1.32. The highest BCUT2D eigenvalue weighted by molar-refractivity contribution is 5.85. The van der Waals surface area contributed by atoms with Crippen LogP contribution in [0.3, 0.4) is 0 Å². The molecule has 0 aromatic carbocycles. The van der Waals surface area contributed by atoms with Gasteiger partial charge in [-0.05, 0) is 56.3 Å². The van der Waals surface area contributed by atoms with Crippen LogP contribution in [-0.2, 0) is 4.79 Å². The maximum absolute atomic E-state index is 12.7. The molecule has 0 aromatic heterocycles. The molecule has 0 aromatic rings. The number of aliphatic hydroxyl groups excluding tert-OH is 1. The van der Waals surface area contributed by atoms with Crippen molar-refractivity contribution in [3.8, 4) is 0 Å². The summed E-state index contributed by atoms with van der Waals surface area (Å²) in [5.74, 6) is 2.91. The topological polar surface area (TPSA) is 61.4 Å². The summed E-state index contributed by atoms with van der Waals surface area (Å²) in [6.07, 6.45) is 7.18. The molecule has 5 fully saturated rings. The zero-order valence-electron chi connectivity index (χ0n) is 12.5. The van der Waals surface area contributed by atoms with Crippen molar-refractivity contribution >= 4 is 18.3 Å². The molecule has 5 heteroatoms. The predicted molar refractivity (Wildman–Crippen MR) is 83.2 cm³/mol. The third kappa shape index (κ3) is 2.71. The fourth-order valence-electron chi connectivity index (χ4n) is 5.73. The van der Waals surface area contributed by atoms with E-state index in [0.29, 0.717) is 13.1 Å². The molecule has 5 aliphatic rings. The molecule has 2 unspecified atom stereocenters. The van der Waals surface area contributed by atoms with Crippen molar-refractivity contribution in [3.63, 3.8) is 0 Å². The Hall–Kier alpha value is -0.320. The second-order valence-corrected chi connectivity index (χ2v) is 7.89. The number of nitrogens with one attached hydrogen (secondary N) is 2. The maximum atomic E-state index is 12.7. The van der Waals surface area contributed by atoms with E-state index in [0.717, 1.165) is 43.6 Å². The van der Waals surface area contributed by atoms with Crippen LogP contribution < -0.4 is 10.6 Å². The standard InChI is InChI=1S/C16H26N2O2.ClH/c19-14-9-17-7-13(14)8-18-15(20)16-4-10-1-11(5-16)3-12(2-10)6-16;/h10-14,17,19H,1-9H2,(H,18,20);1H. The molecule has 5 rings (SSSR count). The Balaban J connectivity index is 0.00000132. The van der Waals surface area contributed by atoms with E-state index in [9.17, 15) is 9.90 Å². The van der Waals surface area contributed by atoms with Crippen molar-refractivity contribution in [2.24, 2.45) is 29.1 Å². The second-order valence-electron chi connectivity index (χ2n) is 7.89. The van der Waals surface area contributed by atoms with Gasteiger partial charge in [0, 0.05) is 31.0 Å². The lowest BCUT2D eigenvalue weighted by Gasteiger charge is -2.55. The quantitative estimate of drug-likeness (QED) is 0.736. The van der Waals surface area contributed by atoms with Crippen molar-refractivity contribution in [2.45, 2.75) is 44.6 Å². The lowest BCUT2D eigenvalue weighted by atomic mass is 9.49. The number of hydrogen-bond donors (Lipinski definition) is 3. The average molecular weight is 315 g/mol. The Kier molecular flexibility index (Phi) is 4.23. The van der Waals surface area contributed by atoms with Gasteiger partial charge >= 0.3 is 0 Å². The van der Waals surface area contributed by atoms with Crippen LogP contribution in [0.1, 0.15) is 38.5 Å². The van der Waals surface area contributed by atoms with E-state index >= 15 is 0 Å². The molecule has 1 saturated heterocycles. The van der Waals surface area contributed by atoms with Gasteiger partial charge in [-0.1, -0.05) is 0 Å². The Morgan fingerprint density at radius 2 is 1.67 bits per heavy atom. The lowest BCUT2D eigenvalue weighted by molar-refractivity contribution is -0.146.